The molecule has 1 fully saturated rings. The molecule has 1 saturated carbocycles. The summed E-state index contributed by atoms with van der Waals surface area (Å²) < 4.78 is 32.0. The Labute approximate surface area is 60.0 Å². The fourth-order valence-electron chi connectivity index (χ4n) is 0.950. The molecular weight excluding hydrogens is 155 g/mol. The maximum Gasteiger partial charge on any atom is 0.308 e. The molecule has 1 rings (SSSR count). The van der Waals surface area contributed by atoms with Crippen molar-refractivity contribution in [2.24, 2.45) is 0 Å². The maximum absolute atomic E-state index is 12.3. The molecule has 0 N–H and O–H groups in total. The van der Waals surface area contributed by atoms with Crippen molar-refractivity contribution in [1.82, 2.24) is 0 Å². The molecule has 1 aliphatic carbocycles. The van der Waals surface area contributed by atoms with E-state index in [0.29, 0.717) is 12.8 Å². The van der Waals surface area contributed by atoms with Gasteiger partial charge in [-0.25, -0.2) is 0 Å². The third-order valence-corrected chi connectivity index (χ3v) is 3.45. The quantitative estimate of drug-likeness (QED) is 0.466. The summed E-state index contributed by atoms with van der Waals surface area (Å²) in [6.45, 7) is 3.37. The van der Waals surface area contributed by atoms with Crippen molar-refractivity contribution >= 4 is 10.2 Å². The molecule has 0 unspecified atom stereocenters. The van der Waals surface area contributed by atoms with Gasteiger partial charge >= 0.3 is 10.2 Å². The Bertz CT molecular complexity index is 238. The first-order valence-corrected chi connectivity index (χ1v) is 4.45. The molecule has 0 atom stereocenters. The molecule has 0 aliphatic heterocycles. The summed E-state index contributed by atoms with van der Waals surface area (Å²) in [6.07, 6.45) is 2.58. The van der Waals surface area contributed by atoms with Crippen LogP contribution in [0.25, 0.3) is 0 Å². The lowest BCUT2D eigenvalue weighted by Gasteiger charge is -2.04. The Kier molecular flexibility index (Phi) is 1.58. The maximum atomic E-state index is 12.3. The summed E-state index contributed by atoms with van der Waals surface area (Å²) in [7, 11) is -4.32. The Morgan fingerprint density at radius 1 is 1.60 bits per heavy atom. The van der Waals surface area contributed by atoms with Crippen LogP contribution in [0.4, 0.5) is 3.89 Å². The number of hydrogen-bond donors (Lipinski definition) is 0. The van der Waals surface area contributed by atoms with E-state index in [-0.39, 0.29) is 6.42 Å². The molecule has 0 saturated heterocycles. The van der Waals surface area contributed by atoms with Gasteiger partial charge in [-0.15, -0.1) is 10.5 Å². The van der Waals surface area contributed by atoms with Crippen molar-refractivity contribution in [3.05, 3.63) is 12.7 Å². The Morgan fingerprint density at radius 3 is 2.20 bits per heavy atom. The predicted molar refractivity (Wildman–Crippen MR) is 36.8 cm³/mol. The minimum atomic E-state index is -4.32. The molecule has 0 bridgehead atoms. The van der Waals surface area contributed by atoms with Gasteiger partial charge in [0.2, 0.25) is 0 Å². The average molecular weight is 164 g/mol. The van der Waals surface area contributed by atoms with Gasteiger partial charge < -0.3 is 0 Å². The SMILES string of the molecule is C=CCC1(S(=O)(=O)F)CC1. The number of allylic oxidation sites excluding steroid dienone is 1. The highest BCUT2D eigenvalue weighted by atomic mass is 32.3. The lowest BCUT2D eigenvalue weighted by molar-refractivity contribution is 0.530. The van der Waals surface area contributed by atoms with E-state index in [9.17, 15) is 12.3 Å². The van der Waals surface area contributed by atoms with Crippen molar-refractivity contribution in [3.8, 4) is 0 Å². The summed E-state index contributed by atoms with van der Waals surface area (Å²) in [5.41, 5.74) is 0. The van der Waals surface area contributed by atoms with Crippen molar-refractivity contribution in [2.75, 3.05) is 0 Å². The fraction of sp³-hybridized carbons (Fsp3) is 0.667. The first-order valence-electron chi connectivity index (χ1n) is 3.07. The third-order valence-electron chi connectivity index (χ3n) is 1.84. The Balaban J connectivity index is 2.80. The smallest absolute Gasteiger partial charge is 0.194 e. The van der Waals surface area contributed by atoms with Crippen LogP contribution in [-0.4, -0.2) is 13.2 Å². The molecule has 58 valence electrons. The number of halogens is 1. The molecular formula is C6H9FO2S. The minimum absolute atomic E-state index is 0.242. The summed E-state index contributed by atoms with van der Waals surface area (Å²) in [6, 6.07) is 0. The lowest BCUT2D eigenvalue weighted by atomic mass is 10.3. The number of hydrogen-bond acceptors (Lipinski definition) is 2. The monoisotopic (exact) mass is 164 g/mol. The van der Waals surface area contributed by atoms with Crippen LogP contribution >= 0.6 is 0 Å². The van der Waals surface area contributed by atoms with E-state index >= 15 is 0 Å². The van der Waals surface area contributed by atoms with Gasteiger partial charge in [-0.3, -0.25) is 0 Å². The van der Waals surface area contributed by atoms with Gasteiger partial charge in [0, 0.05) is 0 Å². The second-order valence-corrected chi connectivity index (χ2v) is 4.36. The zero-order valence-corrected chi connectivity index (χ0v) is 6.32. The normalized spacial score (nSPS) is 22.1. The Hall–Kier alpha value is -0.380. The predicted octanol–water partition coefficient (Wildman–Crippen LogP) is 1.39. The van der Waals surface area contributed by atoms with Gasteiger partial charge in [0.15, 0.2) is 0 Å². The van der Waals surface area contributed by atoms with Gasteiger partial charge in [-0.1, -0.05) is 6.08 Å². The molecule has 0 aromatic carbocycles. The molecule has 0 aromatic rings. The summed E-state index contributed by atoms with van der Waals surface area (Å²) in [5.74, 6) is 0. The van der Waals surface area contributed by atoms with Crippen LogP contribution in [0.15, 0.2) is 12.7 Å². The van der Waals surface area contributed by atoms with Crippen molar-refractivity contribution in [1.29, 1.82) is 0 Å². The zero-order valence-electron chi connectivity index (χ0n) is 5.51. The van der Waals surface area contributed by atoms with Crippen molar-refractivity contribution in [2.45, 2.75) is 24.0 Å². The fourth-order valence-corrected chi connectivity index (χ4v) is 1.86. The molecule has 0 heterocycles. The topological polar surface area (TPSA) is 34.1 Å². The van der Waals surface area contributed by atoms with E-state index in [1.807, 2.05) is 0 Å². The standard InChI is InChI=1S/C6H9FO2S/c1-2-3-6(4-5-6)10(7,8)9/h2H,1,3-5H2. The van der Waals surface area contributed by atoms with Gasteiger partial charge in [0.1, 0.15) is 4.75 Å². The van der Waals surface area contributed by atoms with Crippen LogP contribution < -0.4 is 0 Å². The highest BCUT2D eigenvalue weighted by Crippen LogP contribution is 2.47. The highest BCUT2D eigenvalue weighted by molar-refractivity contribution is 7.88. The second-order valence-electron chi connectivity index (χ2n) is 2.61. The van der Waals surface area contributed by atoms with Crippen LogP contribution in [0.5, 0.6) is 0 Å². The molecule has 0 spiro atoms. The van der Waals surface area contributed by atoms with Crippen LogP contribution in [0.1, 0.15) is 19.3 Å². The van der Waals surface area contributed by atoms with E-state index in [1.165, 1.54) is 6.08 Å². The summed E-state index contributed by atoms with van der Waals surface area (Å²) >= 11 is 0. The van der Waals surface area contributed by atoms with Crippen LogP contribution in [-0.2, 0) is 10.2 Å². The molecule has 10 heavy (non-hydrogen) atoms. The van der Waals surface area contributed by atoms with E-state index in [2.05, 4.69) is 6.58 Å². The van der Waals surface area contributed by atoms with Gasteiger partial charge in [0.25, 0.3) is 0 Å². The number of rotatable bonds is 3. The first-order chi connectivity index (χ1) is 4.52. The molecule has 4 heteroatoms. The van der Waals surface area contributed by atoms with Crippen LogP contribution in [0, 0.1) is 0 Å². The van der Waals surface area contributed by atoms with Crippen molar-refractivity contribution in [3.63, 3.8) is 0 Å². The molecule has 0 aromatic heterocycles. The molecule has 2 nitrogen and oxygen atoms in total. The molecule has 0 amide bonds. The Morgan fingerprint density at radius 2 is 2.10 bits per heavy atom. The van der Waals surface area contributed by atoms with E-state index in [0.717, 1.165) is 0 Å². The first kappa shape index (κ1) is 7.72. The molecule has 1 aliphatic rings. The van der Waals surface area contributed by atoms with Crippen molar-refractivity contribution < 1.29 is 12.3 Å². The van der Waals surface area contributed by atoms with Gasteiger partial charge in [-0.05, 0) is 19.3 Å². The summed E-state index contributed by atoms with van der Waals surface area (Å²) in [5, 5.41) is 0. The molecule has 0 radical (unpaired) electrons. The summed E-state index contributed by atoms with van der Waals surface area (Å²) in [4.78, 5) is 0. The third kappa shape index (κ3) is 1.08. The van der Waals surface area contributed by atoms with Crippen LogP contribution in [0.3, 0.4) is 0 Å². The van der Waals surface area contributed by atoms with Gasteiger partial charge in [-0.2, -0.15) is 8.42 Å². The van der Waals surface area contributed by atoms with E-state index in [4.69, 9.17) is 0 Å². The van der Waals surface area contributed by atoms with Gasteiger partial charge in [0.05, 0.1) is 0 Å². The zero-order chi connectivity index (χ0) is 7.83. The lowest BCUT2D eigenvalue weighted by Crippen LogP contribution is -2.16. The second kappa shape index (κ2) is 2.05. The van der Waals surface area contributed by atoms with Crippen LogP contribution in [0.2, 0.25) is 0 Å². The minimum Gasteiger partial charge on any atom is -0.194 e. The van der Waals surface area contributed by atoms with E-state index in [1.54, 1.807) is 0 Å². The average Bonchev–Trinajstić information content (AvgIpc) is 2.45. The van der Waals surface area contributed by atoms with E-state index < -0.39 is 15.0 Å². The largest absolute Gasteiger partial charge is 0.308 e. The highest BCUT2D eigenvalue weighted by Gasteiger charge is 2.54.